The van der Waals surface area contributed by atoms with E-state index >= 15 is 0 Å². The smallest absolute Gasteiger partial charge is 0.0998 e. The predicted molar refractivity (Wildman–Crippen MR) is 214 cm³/mol. The fraction of sp³-hybridized carbons (Fsp3) is 0.0833. The molecular weight excluding hydrogens is 633 g/mol. The van der Waals surface area contributed by atoms with Gasteiger partial charge in [0.2, 0.25) is 0 Å². The predicted octanol–water partition coefficient (Wildman–Crippen LogP) is 12.2. The van der Waals surface area contributed by atoms with Crippen molar-refractivity contribution in [3.05, 3.63) is 167 Å². The first-order valence-electron chi connectivity index (χ1n) is 17.6. The Balaban J connectivity index is 1.53. The van der Waals surface area contributed by atoms with E-state index in [-0.39, 0.29) is 0 Å². The molecular formula is C48H34N4. The lowest BCUT2D eigenvalue weighted by atomic mass is 9.90. The van der Waals surface area contributed by atoms with Crippen molar-refractivity contribution < 1.29 is 0 Å². The molecule has 0 unspecified atom stereocenters. The SMILES string of the molecule is Cc1ccc2c(c1)c1cc(C)ccc1n2-c1cc(-c2ccccc2C#N)c(-n2c3ccc(C)cc3c3cc(C)ccc32)c(-c2ccccc2C#N)c1. The monoisotopic (exact) mass is 666 g/mol. The first kappa shape index (κ1) is 31.1. The van der Waals surface area contributed by atoms with Gasteiger partial charge in [-0.25, -0.2) is 0 Å². The van der Waals surface area contributed by atoms with Crippen LogP contribution in [0.4, 0.5) is 0 Å². The Morgan fingerprint density at radius 2 is 0.731 bits per heavy atom. The standard InChI is InChI=1S/C48H34N4/c1-29-13-17-44-38(21-29)39-22-30(2)14-18-45(39)51(44)35-25-42(36-11-7-5-9-33(36)27-49)48(43(26-35)37-12-8-6-10-34(37)28-50)52-46-19-15-31(3)23-40(46)41-24-32(4)16-20-47(41)52/h5-26H,1-4H3. The van der Waals surface area contributed by atoms with E-state index in [0.29, 0.717) is 11.1 Å². The molecule has 2 aromatic heterocycles. The van der Waals surface area contributed by atoms with Crippen LogP contribution in [0, 0.1) is 50.4 Å². The number of nitriles is 2. The Kier molecular flexibility index (Phi) is 7.11. The fourth-order valence-electron chi connectivity index (χ4n) is 8.05. The third-order valence-corrected chi connectivity index (χ3v) is 10.4. The molecule has 0 bridgehead atoms. The van der Waals surface area contributed by atoms with Crippen molar-refractivity contribution in [2.45, 2.75) is 27.7 Å². The van der Waals surface area contributed by atoms with Crippen LogP contribution in [-0.2, 0) is 0 Å². The summed E-state index contributed by atoms with van der Waals surface area (Å²) in [5.74, 6) is 0. The maximum atomic E-state index is 10.6. The maximum absolute atomic E-state index is 10.6. The summed E-state index contributed by atoms with van der Waals surface area (Å²) in [6.07, 6.45) is 0. The Labute approximate surface area is 302 Å². The highest BCUT2D eigenvalue weighted by molar-refractivity contribution is 6.12. The lowest BCUT2D eigenvalue weighted by Crippen LogP contribution is -2.05. The van der Waals surface area contributed by atoms with E-state index in [9.17, 15) is 10.5 Å². The molecule has 52 heavy (non-hydrogen) atoms. The normalized spacial score (nSPS) is 11.4. The largest absolute Gasteiger partial charge is 0.309 e. The zero-order valence-corrected chi connectivity index (χ0v) is 29.5. The molecule has 0 atom stereocenters. The number of fused-ring (bicyclic) bond motifs is 6. The minimum Gasteiger partial charge on any atom is -0.309 e. The highest BCUT2D eigenvalue weighted by Crippen LogP contribution is 2.45. The molecule has 4 nitrogen and oxygen atoms in total. The highest BCUT2D eigenvalue weighted by Gasteiger charge is 2.25. The van der Waals surface area contributed by atoms with E-state index in [0.717, 1.165) is 66.5 Å². The van der Waals surface area contributed by atoms with Crippen molar-refractivity contribution in [3.63, 3.8) is 0 Å². The van der Waals surface area contributed by atoms with Crippen molar-refractivity contribution in [3.8, 4) is 45.8 Å². The lowest BCUT2D eigenvalue weighted by molar-refractivity contribution is 1.14. The first-order valence-corrected chi connectivity index (χ1v) is 17.6. The molecule has 0 aliphatic carbocycles. The quantitative estimate of drug-likeness (QED) is 0.188. The van der Waals surface area contributed by atoms with E-state index in [2.05, 4.69) is 134 Å². The number of aromatic nitrogens is 2. The Bertz CT molecular complexity index is 2830. The average Bonchev–Trinajstić information content (AvgIpc) is 3.64. The molecule has 0 spiro atoms. The Morgan fingerprint density at radius 1 is 0.385 bits per heavy atom. The van der Waals surface area contributed by atoms with Gasteiger partial charge in [-0.3, -0.25) is 0 Å². The van der Waals surface area contributed by atoms with Crippen LogP contribution in [0.25, 0.3) is 77.2 Å². The van der Waals surface area contributed by atoms with Crippen LogP contribution in [-0.4, -0.2) is 9.13 Å². The summed E-state index contributed by atoms with van der Waals surface area (Å²) < 4.78 is 4.68. The second-order valence-corrected chi connectivity index (χ2v) is 14.0. The fourth-order valence-corrected chi connectivity index (χ4v) is 8.05. The second kappa shape index (κ2) is 11.9. The van der Waals surface area contributed by atoms with E-state index in [1.807, 2.05) is 48.5 Å². The van der Waals surface area contributed by atoms with Crippen molar-refractivity contribution in [1.82, 2.24) is 9.13 Å². The van der Waals surface area contributed by atoms with Crippen LogP contribution in [0.15, 0.2) is 133 Å². The van der Waals surface area contributed by atoms with Crippen LogP contribution >= 0.6 is 0 Å². The van der Waals surface area contributed by atoms with Crippen LogP contribution in [0.1, 0.15) is 33.4 Å². The molecule has 4 heteroatoms. The topological polar surface area (TPSA) is 57.4 Å². The summed E-state index contributed by atoms with van der Waals surface area (Å²) >= 11 is 0. The molecule has 2 heterocycles. The van der Waals surface area contributed by atoms with Crippen molar-refractivity contribution in [2.24, 2.45) is 0 Å². The van der Waals surface area contributed by atoms with Gasteiger partial charge in [-0.15, -0.1) is 0 Å². The van der Waals surface area contributed by atoms with Crippen LogP contribution in [0.5, 0.6) is 0 Å². The number of benzene rings is 7. The molecule has 0 amide bonds. The summed E-state index contributed by atoms with van der Waals surface area (Å²) in [6.45, 7) is 8.53. The van der Waals surface area contributed by atoms with E-state index in [1.165, 1.54) is 33.0 Å². The summed E-state index contributed by atoms with van der Waals surface area (Å²) in [7, 11) is 0. The van der Waals surface area contributed by atoms with Gasteiger partial charge in [0.15, 0.2) is 0 Å². The van der Waals surface area contributed by atoms with Gasteiger partial charge in [0.05, 0.1) is 51.0 Å². The molecule has 9 aromatic rings. The number of hydrogen-bond acceptors (Lipinski definition) is 2. The Morgan fingerprint density at radius 3 is 1.10 bits per heavy atom. The highest BCUT2D eigenvalue weighted by atomic mass is 15.0. The van der Waals surface area contributed by atoms with E-state index in [1.54, 1.807) is 0 Å². The van der Waals surface area contributed by atoms with Gasteiger partial charge >= 0.3 is 0 Å². The van der Waals surface area contributed by atoms with Crippen LogP contribution in [0.3, 0.4) is 0 Å². The zero-order valence-electron chi connectivity index (χ0n) is 29.5. The lowest BCUT2D eigenvalue weighted by Gasteiger charge is -2.23. The van der Waals surface area contributed by atoms with E-state index in [4.69, 9.17) is 0 Å². The number of hydrogen-bond donors (Lipinski definition) is 0. The average molecular weight is 667 g/mol. The molecule has 0 aliphatic heterocycles. The molecule has 0 aliphatic rings. The van der Waals surface area contributed by atoms with Crippen molar-refractivity contribution in [2.75, 3.05) is 0 Å². The van der Waals surface area contributed by atoms with E-state index < -0.39 is 0 Å². The molecule has 7 aromatic carbocycles. The molecule has 9 rings (SSSR count). The molecule has 246 valence electrons. The van der Waals surface area contributed by atoms with Crippen molar-refractivity contribution in [1.29, 1.82) is 10.5 Å². The minimum absolute atomic E-state index is 0.585. The van der Waals surface area contributed by atoms with Crippen LogP contribution in [0.2, 0.25) is 0 Å². The summed E-state index contributed by atoms with van der Waals surface area (Å²) in [5.41, 5.74) is 15.6. The third kappa shape index (κ3) is 4.73. The molecule has 0 saturated carbocycles. The second-order valence-electron chi connectivity index (χ2n) is 14.0. The number of rotatable bonds is 4. The number of nitrogens with zero attached hydrogens (tertiary/aromatic N) is 4. The third-order valence-electron chi connectivity index (χ3n) is 10.4. The van der Waals surface area contributed by atoms with Gasteiger partial charge in [-0.05, 0) is 100 Å². The van der Waals surface area contributed by atoms with Gasteiger partial charge in [-0.2, -0.15) is 10.5 Å². The van der Waals surface area contributed by atoms with Gasteiger partial charge < -0.3 is 9.13 Å². The molecule has 0 fully saturated rings. The van der Waals surface area contributed by atoms with Gasteiger partial charge in [0, 0.05) is 49.5 Å². The molecule has 0 N–H and O–H groups in total. The minimum atomic E-state index is 0.585. The Hall–Kier alpha value is -6.88. The van der Waals surface area contributed by atoms with Crippen molar-refractivity contribution >= 4 is 43.6 Å². The van der Waals surface area contributed by atoms with Gasteiger partial charge in [-0.1, -0.05) is 82.9 Å². The van der Waals surface area contributed by atoms with Gasteiger partial charge in [0.25, 0.3) is 0 Å². The maximum Gasteiger partial charge on any atom is 0.0998 e. The zero-order chi connectivity index (χ0) is 35.7. The summed E-state index contributed by atoms with van der Waals surface area (Å²) in [5, 5.41) is 25.8. The molecule has 0 saturated heterocycles. The van der Waals surface area contributed by atoms with Gasteiger partial charge in [0.1, 0.15) is 0 Å². The first-order chi connectivity index (χ1) is 25.3. The number of aryl methyl sites for hydroxylation is 4. The van der Waals surface area contributed by atoms with Crippen LogP contribution < -0.4 is 0 Å². The summed E-state index contributed by atoms with van der Waals surface area (Å²) in [4.78, 5) is 0. The summed E-state index contributed by atoms with van der Waals surface area (Å²) in [6, 6.07) is 51.7. The molecule has 0 radical (unpaired) electrons.